The van der Waals surface area contributed by atoms with E-state index in [0.717, 1.165) is 24.2 Å². The van der Waals surface area contributed by atoms with Crippen LogP contribution in [0, 0.1) is 11.3 Å². The fourth-order valence-electron chi connectivity index (χ4n) is 3.74. The topological polar surface area (TPSA) is 89.3 Å². The van der Waals surface area contributed by atoms with Crippen LogP contribution >= 0.6 is 0 Å². The first-order chi connectivity index (χ1) is 12.9. The Morgan fingerprint density at radius 1 is 1.22 bits per heavy atom. The predicted octanol–water partition coefficient (Wildman–Crippen LogP) is 1.38. The molecular formula is C18H21F2N5O2. The van der Waals surface area contributed by atoms with Crippen molar-refractivity contribution < 1.29 is 18.4 Å². The van der Waals surface area contributed by atoms with Gasteiger partial charge in [0.15, 0.2) is 5.66 Å². The molecule has 3 heterocycles. The summed E-state index contributed by atoms with van der Waals surface area (Å²) < 4.78 is 28.4. The Balaban J connectivity index is 1.74. The molecule has 0 bridgehead atoms. The predicted molar refractivity (Wildman–Crippen MR) is 91.6 cm³/mol. The van der Waals surface area contributed by atoms with Crippen molar-refractivity contribution in [1.29, 1.82) is 5.26 Å². The number of halogens is 2. The Hall–Kier alpha value is -2.60. The highest BCUT2D eigenvalue weighted by atomic mass is 19.3. The molecule has 2 amide bonds. The molecule has 3 rings (SSSR count). The minimum atomic E-state index is -3.14. The second-order valence-electron chi connectivity index (χ2n) is 6.91. The third kappa shape index (κ3) is 3.90. The molecule has 9 heteroatoms. The van der Waals surface area contributed by atoms with Crippen molar-refractivity contribution in [2.75, 3.05) is 26.2 Å². The number of nitrogens with zero attached hydrogens (tertiary/aromatic N) is 4. The summed E-state index contributed by atoms with van der Waals surface area (Å²) in [6, 6.07) is 4.95. The van der Waals surface area contributed by atoms with Gasteiger partial charge >= 0.3 is 0 Å². The summed E-state index contributed by atoms with van der Waals surface area (Å²) in [5.74, 6) is -4.34. The molecule has 1 aromatic heterocycles. The number of nitrogens with one attached hydrogen (secondary N) is 1. The van der Waals surface area contributed by atoms with Gasteiger partial charge in [0.25, 0.3) is 11.8 Å². The first kappa shape index (κ1) is 19.2. The third-order valence-corrected chi connectivity index (χ3v) is 5.04. The largest absolute Gasteiger partial charge is 0.343 e. The molecule has 0 spiro atoms. The van der Waals surface area contributed by atoms with Gasteiger partial charge in [-0.25, -0.2) is 8.78 Å². The van der Waals surface area contributed by atoms with Crippen molar-refractivity contribution in [2.45, 2.75) is 37.3 Å². The number of hydrogen-bond donors (Lipinski definition) is 1. The summed E-state index contributed by atoms with van der Waals surface area (Å²) in [7, 11) is 0. The Kier molecular flexibility index (Phi) is 5.37. The molecule has 1 aromatic rings. The van der Waals surface area contributed by atoms with E-state index in [2.05, 4.69) is 10.3 Å². The van der Waals surface area contributed by atoms with Crippen LogP contribution in [-0.4, -0.2) is 64.4 Å². The number of hydrogen-bond acceptors (Lipinski definition) is 5. The molecule has 2 aliphatic rings. The molecule has 2 aliphatic heterocycles. The third-order valence-electron chi connectivity index (χ3n) is 5.04. The monoisotopic (exact) mass is 377 g/mol. The van der Waals surface area contributed by atoms with E-state index in [1.807, 2.05) is 6.07 Å². The molecule has 0 saturated carbocycles. The van der Waals surface area contributed by atoms with Crippen LogP contribution in [0.5, 0.6) is 0 Å². The summed E-state index contributed by atoms with van der Waals surface area (Å²) in [5.41, 5.74) is -1.35. The SMILES string of the molecule is N#CC1(N2CCCCC2)CC(F)(F)CN1C(=O)CNC(=O)c1ccncc1. The maximum absolute atomic E-state index is 14.2. The number of piperidine rings is 1. The van der Waals surface area contributed by atoms with Crippen LogP contribution in [0.2, 0.25) is 0 Å². The quantitative estimate of drug-likeness (QED) is 0.856. The zero-order chi connectivity index (χ0) is 19.5. The van der Waals surface area contributed by atoms with Gasteiger partial charge in [0, 0.05) is 31.0 Å². The molecule has 27 heavy (non-hydrogen) atoms. The number of nitriles is 1. The normalized spacial score (nSPS) is 25.0. The minimum absolute atomic E-state index is 0.312. The Morgan fingerprint density at radius 2 is 1.89 bits per heavy atom. The lowest BCUT2D eigenvalue weighted by molar-refractivity contribution is -0.139. The van der Waals surface area contributed by atoms with Crippen LogP contribution in [0.25, 0.3) is 0 Å². The Bertz CT molecular complexity index is 746. The summed E-state index contributed by atoms with van der Waals surface area (Å²) >= 11 is 0. The van der Waals surface area contributed by atoms with Crippen LogP contribution in [0.4, 0.5) is 8.78 Å². The number of alkyl halides is 2. The van der Waals surface area contributed by atoms with Gasteiger partial charge < -0.3 is 10.2 Å². The highest BCUT2D eigenvalue weighted by molar-refractivity contribution is 5.96. The molecule has 0 aliphatic carbocycles. The summed E-state index contributed by atoms with van der Waals surface area (Å²) in [6.45, 7) is -0.275. The van der Waals surface area contributed by atoms with Gasteiger partial charge in [-0.3, -0.25) is 19.5 Å². The van der Waals surface area contributed by atoms with E-state index in [0.29, 0.717) is 18.7 Å². The van der Waals surface area contributed by atoms with E-state index in [9.17, 15) is 23.6 Å². The van der Waals surface area contributed by atoms with Gasteiger partial charge in [-0.2, -0.15) is 5.26 Å². The summed E-state index contributed by atoms with van der Waals surface area (Å²) in [6.07, 6.45) is 4.75. The lowest BCUT2D eigenvalue weighted by Crippen LogP contribution is -2.60. The molecule has 7 nitrogen and oxygen atoms in total. The number of rotatable bonds is 4. The van der Waals surface area contributed by atoms with Gasteiger partial charge in [0.1, 0.15) is 6.07 Å². The standard InChI is InChI=1S/C18H21F2N5O2/c19-17(20)11-18(12-21,24-8-2-1-3-9-24)25(13-17)15(26)10-23-16(27)14-4-6-22-7-5-14/h4-7H,1-3,8-11,13H2,(H,23,27). The van der Waals surface area contributed by atoms with E-state index in [1.165, 1.54) is 24.5 Å². The number of amides is 2. The van der Waals surface area contributed by atoms with E-state index in [-0.39, 0.29) is 0 Å². The Labute approximate surface area is 155 Å². The molecule has 1 atom stereocenters. The highest BCUT2D eigenvalue weighted by Crippen LogP contribution is 2.42. The lowest BCUT2D eigenvalue weighted by atomic mass is 10.0. The summed E-state index contributed by atoms with van der Waals surface area (Å²) in [4.78, 5) is 31.2. The van der Waals surface area contributed by atoms with Gasteiger partial charge in [-0.05, 0) is 25.0 Å². The van der Waals surface area contributed by atoms with Gasteiger partial charge in [0.2, 0.25) is 5.91 Å². The maximum Gasteiger partial charge on any atom is 0.270 e. The number of likely N-dealkylation sites (tertiary alicyclic amines) is 2. The maximum atomic E-state index is 14.2. The molecule has 1 unspecified atom stereocenters. The van der Waals surface area contributed by atoms with Crippen molar-refractivity contribution in [3.63, 3.8) is 0 Å². The zero-order valence-electron chi connectivity index (χ0n) is 14.8. The van der Waals surface area contributed by atoms with E-state index >= 15 is 0 Å². The number of aromatic nitrogens is 1. The number of pyridine rings is 1. The molecular weight excluding hydrogens is 356 g/mol. The highest BCUT2D eigenvalue weighted by Gasteiger charge is 2.60. The van der Waals surface area contributed by atoms with Gasteiger partial charge in [-0.1, -0.05) is 6.42 Å². The van der Waals surface area contributed by atoms with Crippen LogP contribution < -0.4 is 5.32 Å². The molecule has 1 N–H and O–H groups in total. The second-order valence-corrected chi connectivity index (χ2v) is 6.91. The fraction of sp³-hybridized carbons (Fsp3) is 0.556. The number of carbonyl (C=O) groups is 2. The fourth-order valence-corrected chi connectivity index (χ4v) is 3.74. The molecule has 2 fully saturated rings. The van der Waals surface area contributed by atoms with Crippen molar-refractivity contribution in [2.24, 2.45) is 0 Å². The van der Waals surface area contributed by atoms with E-state index in [1.54, 1.807) is 4.90 Å². The smallest absolute Gasteiger partial charge is 0.270 e. The summed E-state index contributed by atoms with van der Waals surface area (Å²) in [5, 5.41) is 12.2. The lowest BCUT2D eigenvalue weighted by Gasteiger charge is -2.43. The van der Waals surface area contributed by atoms with Crippen LogP contribution in [0.1, 0.15) is 36.0 Å². The Morgan fingerprint density at radius 3 is 2.52 bits per heavy atom. The zero-order valence-corrected chi connectivity index (χ0v) is 14.8. The second kappa shape index (κ2) is 7.56. The number of carbonyl (C=O) groups excluding carboxylic acids is 2. The van der Waals surface area contributed by atoms with Crippen molar-refractivity contribution >= 4 is 11.8 Å². The van der Waals surface area contributed by atoms with Gasteiger partial charge in [-0.15, -0.1) is 0 Å². The van der Waals surface area contributed by atoms with Crippen LogP contribution in [0.3, 0.4) is 0 Å². The van der Waals surface area contributed by atoms with Crippen LogP contribution in [0.15, 0.2) is 24.5 Å². The van der Waals surface area contributed by atoms with Crippen molar-refractivity contribution in [1.82, 2.24) is 20.1 Å². The average molecular weight is 377 g/mol. The van der Waals surface area contributed by atoms with Crippen molar-refractivity contribution in [3.8, 4) is 6.07 Å². The van der Waals surface area contributed by atoms with E-state index in [4.69, 9.17) is 0 Å². The molecule has 0 aromatic carbocycles. The molecule has 2 saturated heterocycles. The molecule has 0 radical (unpaired) electrons. The van der Waals surface area contributed by atoms with Gasteiger partial charge in [0.05, 0.1) is 19.5 Å². The first-order valence-electron chi connectivity index (χ1n) is 8.91. The van der Waals surface area contributed by atoms with Crippen molar-refractivity contribution in [3.05, 3.63) is 30.1 Å². The van der Waals surface area contributed by atoms with Crippen LogP contribution in [-0.2, 0) is 4.79 Å². The average Bonchev–Trinajstić information content (AvgIpc) is 2.99. The first-order valence-corrected chi connectivity index (χ1v) is 8.91. The molecule has 144 valence electrons. The minimum Gasteiger partial charge on any atom is -0.343 e. The van der Waals surface area contributed by atoms with E-state index < -0.39 is 42.9 Å².